The van der Waals surface area contributed by atoms with Crippen molar-refractivity contribution >= 4 is 17.7 Å². The molecule has 1 saturated carbocycles. The summed E-state index contributed by atoms with van der Waals surface area (Å²) in [5.41, 5.74) is 5.92. The summed E-state index contributed by atoms with van der Waals surface area (Å²) in [5.74, 6) is 1.67. The van der Waals surface area contributed by atoms with Gasteiger partial charge >= 0.3 is 0 Å². The van der Waals surface area contributed by atoms with Gasteiger partial charge in [-0.1, -0.05) is 12.8 Å². The molecule has 2 aliphatic rings. The number of hydrogen-bond donors (Lipinski definition) is 2. The van der Waals surface area contributed by atoms with E-state index in [2.05, 4.69) is 5.32 Å². The molecule has 98 valence electrons. The summed E-state index contributed by atoms with van der Waals surface area (Å²) in [6.07, 6.45) is 8.02. The predicted octanol–water partition coefficient (Wildman–Crippen LogP) is 1.91. The van der Waals surface area contributed by atoms with Crippen molar-refractivity contribution in [1.29, 1.82) is 0 Å². The number of nitrogens with one attached hydrogen (secondary N) is 1. The van der Waals surface area contributed by atoms with Crippen molar-refractivity contribution in [1.82, 2.24) is 5.32 Å². The van der Waals surface area contributed by atoms with Gasteiger partial charge in [0.05, 0.1) is 0 Å². The summed E-state index contributed by atoms with van der Waals surface area (Å²) in [6, 6.07) is 0.239. The van der Waals surface area contributed by atoms with Gasteiger partial charge in [0.1, 0.15) is 0 Å². The van der Waals surface area contributed by atoms with Gasteiger partial charge in [0.2, 0.25) is 5.91 Å². The van der Waals surface area contributed by atoms with Gasteiger partial charge in [-0.2, -0.15) is 11.8 Å². The molecule has 1 saturated heterocycles. The van der Waals surface area contributed by atoms with Gasteiger partial charge in [0.15, 0.2) is 0 Å². The van der Waals surface area contributed by atoms with Gasteiger partial charge in [0.25, 0.3) is 0 Å². The zero-order valence-electron chi connectivity index (χ0n) is 10.5. The van der Waals surface area contributed by atoms with Crippen LogP contribution in [0.5, 0.6) is 0 Å². The lowest BCUT2D eigenvalue weighted by Gasteiger charge is -2.27. The minimum Gasteiger partial charge on any atom is -0.355 e. The van der Waals surface area contributed by atoms with Gasteiger partial charge in [-0.25, -0.2) is 0 Å². The Labute approximate surface area is 108 Å². The minimum absolute atomic E-state index is 0.173. The Kier molecular flexibility index (Phi) is 5.16. The number of amides is 1. The second kappa shape index (κ2) is 6.64. The molecule has 3 nitrogen and oxygen atoms in total. The van der Waals surface area contributed by atoms with Crippen LogP contribution in [0.2, 0.25) is 0 Å². The zero-order valence-corrected chi connectivity index (χ0v) is 11.3. The zero-order chi connectivity index (χ0) is 12.1. The molecule has 17 heavy (non-hydrogen) atoms. The molecule has 0 aromatic rings. The molecular formula is C13H24N2OS. The number of carbonyl (C=O) groups excluding carboxylic acids is 1. The van der Waals surface area contributed by atoms with Crippen LogP contribution in [0.4, 0.5) is 0 Å². The van der Waals surface area contributed by atoms with E-state index in [1.54, 1.807) is 0 Å². The Bertz CT molecular complexity index is 254. The van der Waals surface area contributed by atoms with E-state index in [1.165, 1.54) is 25.0 Å². The SMILES string of the molecule is NC1CCCC(C(=O)NCC2CCCCS2)C1. The number of carbonyl (C=O) groups is 1. The third-order valence-corrected chi connectivity index (χ3v) is 5.26. The number of hydrogen-bond acceptors (Lipinski definition) is 3. The lowest BCUT2D eigenvalue weighted by Crippen LogP contribution is -2.40. The lowest BCUT2D eigenvalue weighted by molar-refractivity contribution is -0.126. The fraction of sp³-hybridized carbons (Fsp3) is 0.923. The first-order chi connectivity index (χ1) is 8.25. The Hall–Kier alpha value is -0.220. The fourth-order valence-corrected chi connectivity index (χ4v) is 4.03. The molecule has 3 atom stereocenters. The van der Waals surface area contributed by atoms with Crippen LogP contribution in [-0.4, -0.2) is 29.5 Å². The summed E-state index contributed by atoms with van der Waals surface area (Å²) in [7, 11) is 0. The van der Waals surface area contributed by atoms with E-state index >= 15 is 0 Å². The van der Waals surface area contributed by atoms with Crippen LogP contribution < -0.4 is 11.1 Å². The average molecular weight is 256 g/mol. The van der Waals surface area contributed by atoms with E-state index in [1.807, 2.05) is 11.8 Å². The quantitative estimate of drug-likeness (QED) is 0.811. The fourth-order valence-electron chi connectivity index (χ4n) is 2.79. The predicted molar refractivity (Wildman–Crippen MR) is 73.0 cm³/mol. The van der Waals surface area contributed by atoms with Crippen molar-refractivity contribution in [2.24, 2.45) is 11.7 Å². The number of nitrogens with two attached hydrogens (primary N) is 1. The van der Waals surface area contributed by atoms with Crippen LogP contribution in [0, 0.1) is 5.92 Å². The largest absolute Gasteiger partial charge is 0.355 e. The van der Waals surface area contributed by atoms with Crippen molar-refractivity contribution in [3.05, 3.63) is 0 Å². The van der Waals surface area contributed by atoms with E-state index in [0.717, 1.165) is 32.2 Å². The highest BCUT2D eigenvalue weighted by atomic mass is 32.2. The van der Waals surface area contributed by atoms with Gasteiger partial charge in [-0.05, 0) is 37.9 Å². The van der Waals surface area contributed by atoms with Gasteiger partial charge in [0, 0.05) is 23.8 Å². The maximum Gasteiger partial charge on any atom is 0.223 e. The van der Waals surface area contributed by atoms with Crippen LogP contribution in [0.1, 0.15) is 44.9 Å². The van der Waals surface area contributed by atoms with E-state index in [-0.39, 0.29) is 17.9 Å². The molecule has 2 rings (SSSR count). The maximum atomic E-state index is 12.0. The van der Waals surface area contributed by atoms with Crippen LogP contribution in [0.15, 0.2) is 0 Å². The standard InChI is InChI=1S/C13H24N2OS/c14-11-5-3-4-10(8-11)13(16)15-9-12-6-1-2-7-17-12/h10-12H,1-9,14H2,(H,15,16). The van der Waals surface area contributed by atoms with Crippen molar-refractivity contribution < 1.29 is 4.79 Å². The van der Waals surface area contributed by atoms with E-state index in [9.17, 15) is 4.79 Å². The molecule has 1 amide bonds. The summed E-state index contributed by atoms with van der Waals surface area (Å²) in [6.45, 7) is 0.856. The Morgan fingerprint density at radius 3 is 2.82 bits per heavy atom. The highest BCUT2D eigenvalue weighted by Crippen LogP contribution is 2.25. The molecular weight excluding hydrogens is 232 g/mol. The minimum atomic E-state index is 0.173. The second-order valence-corrected chi connectivity index (χ2v) is 6.77. The van der Waals surface area contributed by atoms with Crippen molar-refractivity contribution in [3.8, 4) is 0 Å². The molecule has 3 unspecified atom stereocenters. The van der Waals surface area contributed by atoms with Gasteiger partial charge in [-0.15, -0.1) is 0 Å². The topological polar surface area (TPSA) is 55.1 Å². The van der Waals surface area contributed by atoms with Gasteiger partial charge in [-0.3, -0.25) is 4.79 Å². The molecule has 1 heterocycles. The molecule has 4 heteroatoms. The normalized spacial score (nSPS) is 34.3. The molecule has 3 N–H and O–H groups in total. The van der Waals surface area contributed by atoms with E-state index < -0.39 is 0 Å². The second-order valence-electron chi connectivity index (χ2n) is 5.36. The Morgan fingerprint density at radius 1 is 1.24 bits per heavy atom. The monoisotopic (exact) mass is 256 g/mol. The van der Waals surface area contributed by atoms with Crippen LogP contribution in [-0.2, 0) is 4.79 Å². The first-order valence-electron chi connectivity index (χ1n) is 6.90. The Balaban J connectivity index is 1.69. The third-order valence-electron chi connectivity index (χ3n) is 3.86. The molecule has 1 aliphatic carbocycles. The van der Waals surface area contributed by atoms with E-state index in [0.29, 0.717) is 5.25 Å². The maximum absolute atomic E-state index is 12.0. The highest BCUT2D eigenvalue weighted by Gasteiger charge is 2.25. The van der Waals surface area contributed by atoms with Crippen molar-refractivity contribution in [2.75, 3.05) is 12.3 Å². The third kappa shape index (κ3) is 4.18. The van der Waals surface area contributed by atoms with Crippen molar-refractivity contribution in [3.63, 3.8) is 0 Å². The summed E-state index contributed by atoms with van der Waals surface area (Å²) < 4.78 is 0. The summed E-state index contributed by atoms with van der Waals surface area (Å²) in [4.78, 5) is 12.0. The smallest absolute Gasteiger partial charge is 0.223 e. The summed E-state index contributed by atoms with van der Waals surface area (Å²) >= 11 is 2.01. The molecule has 0 aromatic heterocycles. The van der Waals surface area contributed by atoms with Crippen molar-refractivity contribution in [2.45, 2.75) is 56.2 Å². The lowest BCUT2D eigenvalue weighted by atomic mass is 9.85. The first-order valence-corrected chi connectivity index (χ1v) is 7.95. The molecule has 0 spiro atoms. The molecule has 0 bridgehead atoms. The van der Waals surface area contributed by atoms with Crippen LogP contribution >= 0.6 is 11.8 Å². The molecule has 2 fully saturated rings. The summed E-state index contributed by atoms with van der Waals surface area (Å²) in [5, 5.41) is 3.77. The van der Waals surface area contributed by atoms with Crippen LogP contribution in [0.25, 0.3) is 0 Å². The van der Waals surface area contributed by atoms with Crippen LogP contribution in [0.3, 0.4) is 0 Å². The molecule has 0 radical (unpaired) electrons. The average Bonchev–Trinajstić information content (AvgIpc) is 2.37. The number of rotatable bonds is 3. The molecule has 0 aromatic carbocycles. The van der Waals surface area contributed by atoms with Gasteiger partial charge < -0.3 is 11.1 Å². The number of thioether (sulfide) groups is 1. The first kappa shape index (κ1) is 13.2. The molecule has 1 aliphatic heterocycles. The van der Waals surface area contributed by atoms with E-state index in [4.69, 9.17) is 5.73 Å². The highest BCUT2D eigenvalue weighted by molar-refractivity contribution is 7.99. The Morgan fingerprint density at radius 2 is 2.12 bits per heavy atom.